The number of nitrogens with zero attached hydrogens (tertiary/aromatic N) is 1. The highest BCUT2D eigenvalue weighted by molar-refractivity contribution is 5.81. The first-order valence-corrected chi connectivity index (χ1v) is 5.58. The van der Waals surface area contributed by atoms with E-state index in [0.29, 0.717) is 6.61 Å². The van der Waals surface area contributed by atoms with E-state index < -0.39 is 0 Å². The van der Waals surface area contributed by atoms with Gasteiger partial charge in [0.05, 0.1) is 6.61 Å². The Hall–Kier alpha value is -0.830. The van der Waals surface area contributed by atoms with Gasteiger partial charge in [-0.15, -0.1) is 0 Å². The van der Waals surface area contributed by atoms with E-state index in [1.54, 1.807) is 6.92 Å². The number of ether oxygens (including phenoxy) is 1. The van der Waals surface area contributed by atoms with E-state index in [1.807, 2.05) is 6.08 Å². The summed E-state index contributed by atoms with van der Waals surface area (Å²) in [7, 11) is 2.05. The molecule has 0 aromatic carbocycles. The zero-order valence-electron chi connectivity index (χ0n) is 10.3. The predicted molar refractivity (Wildman–Crippen MR) is 62.7 cm³/mol. The Balaban J connectivity index is 3.60. The molecule has 0 heterocycles. The SMILES string of the molecule is CCOC(=O)/C=C/CN(C)CCC(C)C. The zero-order valence-corrected chi connectivity index (χ0v) is 10.3. The minimum absolute atomic E-state index is 0.255. The van der Waals surface area contributed by atoms with Crippen molar-refractivity contribution < 1.29 is 9.53 Å². The van der Waals surface area contributed by atoms with Crippen molar-refractivity contribution in [3.63, 3.8) is 0 Å². The molecule has 0 aliphatic rings. The first-order valence-electron chi connectivity index (χ1n) is 5.58. The highest BCUT2D eigenvalue weighted by Gasteiger charge is 1.99. The molecule has 3 nitrogen and oxygen atoms in total. The van der Waals surface area contributed by atoms with Crippen LogP contribution in [0.25, 0.3) is 0 Å². The van der Waals surface area contributed by atoms with E-state index in [1.165, 1.54) is 12.5 Å². The summed E-state index contributed by atoms with van der Waals surface area (Å²) < 4.78 is 4.78. The fraction of sp³-hybridized carbons (Fsp3) is 0.750. The molecule has 0 saturated heterocycles. The molecule has 0 atom stereocenters. The molecule has 0 aliphatic heterocycles. The van der Waals surface area contributed by atoms with Crippen molar-refractivity contribution >= 4 is 5.97 Å². The number of rotatable bonds is 7. The average Bonchev–Trinajstić information content (AvgIpc) is 2.15. The van der Waals surface area contributed by atoms with Crippen LogP contribution in [0.4, 0.5) is 0 Å². The summed E-state index contributed by atoms with van der Waals surface area (Å²) in [4.78, 5) is 13.2. The number of hydrogen-bond acceptors (Lipinski definition) is 3. The maximum absolute atomic E-state index is 11.0. The van der Waals surface area contributed by atoms with Gasteiger partial charge in [-0.2, -0.15) is 0 Å². The fourth-order valence-electron chi connectivity index (χ4n) is 1.09. The van der Waals surface area contributed by atoms with Crippen molar-refractivity contribution in [2.75, 3.05) is 26.7 Å². The lowest BCUT2D eigenvalue weighted by Crippen LogP contribution is -2.21. The van der Waals surface area contributed by atoms with Crippen LogP contribution in [0.3, 0.4) is 0 Å². The molecular weight excluding hydrogens is 190 g/mol. The highest BCUT2D eigenvalue weighted by atomic mass is 16.5. The Morgan fingerprint density at radius 2 is 2.13 bits per heavy atom. The van der Waals surface area contributed by atoms with Gasteiger partial charge in [0.1, 0.15) is 0 Å². The van der Waals surface area contributed by atoms with E-state index in [9.17, 15) is 4.79 Å². The van der Waals surface area contributed by atoms with Gasteiger partial charge in [0, 0.05) is 12.6 Å². The molecule has 0 rings (SSSR count). The van der Waals surface area contributed by atoms with Gasteiger partial charge in [0.2, 0.25) is 0 Å². The molecule has 0 bridgehead atoms. The van der Waals surface area contributed by atoms with Crippen LogP contribution in [0.1, 0.15) is 27.2 Å². The second-order valence-corrected chi connectivity index (χ2v) is 4.10. The quantitative estimate of drug-likeness (QED) is 0.479. The van der Waals surface area contributed by atoms with Gasteiger partial charge >= 0.3 is 5.97 Å². The Morgan fingerprint density at radius 3 is 2.67 bits per heavy atom. The Kier molecular flexibility index (Phi) is 8.01. The second kappa shape index (κ2) is 8.48. The minimum Gasteiger partial charge on any atom is -0.463 e. The van der Waals surface area contributed by atoms with Gasteiger partial charge < -0.3 is 9.64 Å². The molecule has 0 aromatic heterocycles. The van der Waals surface area contributed by atoms with Crippen LogP contribution in [0.15, 0.2) is 12.2 Å². The molecule has 0 spiro atoms. The molecule has 0 saturated carbocycles. The zero-order chi connectivity index (χ0) is 11.7. The molecule has 15 heavy (non-hydrogen) atoms. The average molecular weight is 213 g/mol. The van der Waals surface area contributed by atoms with Gasteiger partial charge in [-0.3, -0.25) is 0 Å². The molecule has 0 amide bonds. The third-order valence-corrected chi connectivity index (χ3v) is 2.05. The van der Waals surface area contributed by atoms with Crippen molar-refractivity contribution in [2.24, 2.45) is 5.92 Å². The molecule has 88 valence electrons. The molecule has 3 heteroatoms. The summed E-state index contributed by atoms with van der Waals surface area (Å²) in [6.45, 7) is 8.52. The smallest absolute Gasteiger partial charge is 0.330 e. The highest BCUT2D eigenvalue weighted by Crippen LogP contribution is 2.00. The summed E-state index contributed by atoms with van der Waals surface area (Å²) in [5.74, 6) is 0.469. The third kappa shape index (κ3) is 9.47. The van der Waals surface area contributed by atoms with Crippen LogP contribution in [-0.4, -0.2) is 37.6 Å². The number of likely N-dealkylation sites (N-methyl/N-ethyl adjacent to an activating group) is 1. The second-order valence-electron chi connectivity index (χ2n) is 4.10. The number of hydrogen-bond donors (Lipinski definition) is 0. The molecule has 0 fully saturated rings. The lowest BCUT2D eigenvalue weighted by atomic mass is 10.1. The van der Waals surface area contributed by atoms with Crippen molar-refractivity contribution in [3.8, 4) is 0 Å². The molecule has 0 aromatic rings. The fourth-order valence-corrected chi connectivity index (χ4v) is 1.09. The summed E-state index contributed by atoms with van der Waals surface area (Å²) >= 11 is 0. The maximum Gasteiger partial charge on any atom is 0.330 e. The number of carbonyl (C=O) groups is 1. The molecule has 0 radical (unpaired) electrons. The van der Waals surface area contributed by atoms with Crippen molar-refractivity contribution in [2.45, 2.75) is 27.2 Å². The minimum atomic E-state index is -0.255. The number of esters is 1. The van der Waals surface area contributed by atoms with Crippen LogP contribution in [0.5, 0.6) is 0 Å². The molecule has 0 unspecified atom stereocenters. The van der Waals surface area contributed by atoms with Crippen LogP contribution in [0.2, 0.25) is 0 Å². The van der Waals surface area contributed by atoms with Gasteiger partial charge in [0.15, 0.2) is 0 Å². The van der Waals surface area contributed by atoms with Crippen molar-refractivity contribution in [1.82, 2.24) is 4.90 Å². The predicted octanol–water partition coefficient (Wildman–Crippen LogP) is 2.08. The summed E-state index contributed by atoms with van der Waals surface area (Å²) in [5, 5.41) is 0. The van der Waals surface area contributed by atoms with E-state index in [0.717, 1.165) is 19.0 Å². The Labute approximate surface area is 93.1 Å². The summed E-state index contributed by atoms with van der Waals surface area (Å²) in [6.07, 6.45) is 4.53. The van der Waals surface area contributed by atoms with Crippen molar-refractivity contribution in [3.05, 3.63) is 12.2 Å². The summed E-state index contributed by atoms with van der Waals surface area (Å²) in [5.41, 5.74) is 0. The maximum atomic E-state index is 11.0. The van der Waals surface area contributed by atoms with E-state index in [-0.39, 0.29) is 5.97 Å². The first kappa shape index (κ1) is 14.2. The van der Waals surface area contributed by atoms with Gasteiger partial charge in [0.25, 0.3) is 0 Å². The Bertz CT molecular complexity index is 200. The normalized spacial score (nSPS) is 11.6. The molecular formula is C12H23NO2. The molecule has 0 N–H and O–H groups in total. The van der Waals surface area contributed by atoms with Gasteiger partial charge in [-0.05, 0) is 32.9 Å². The van der Waals surface area contributed by atoms with Crippen LogP contribution in [-0.2, 0) is 9.53 Å². The first-order chi connectivity index (χ1) is 7.06. The van der Waals surface area contributed by atoms with Gasteiger partial charge in [-0.25, -0.2) is 4.79 Å². The topological polar surface area (TPSA) is 29.5 Å². The van der Waals surface area contributed by atoms with Crippen molar-refractivity contribution in [1.29, 1.82) is 0 Å². The van der Waals surface area contributed by atoms with E-state index >= 15 is 0 Å². The number of carbonyl (C=O) groups excluding carboxylic acids is 1. The lowest BCUT2D eigenvalue weighted by molar-refractivity contribution is -0.137. The Morgan fingerprint density at radius 1 is 1.47 bits per heavy atom. The van der Waals surface area contributed by atoms with Crippen LogP contribution in [0, 0.1) is 5.92 Å². The third-order valence-electron chi connectivity index (χ3n) is 2.05. The standard InChI is InChI=1S/C12H23NO2/c1-5-15-12(14)7-6-9-13(4)10-8-11(2)3/h6-7,11H,5,8-10H2,1-4H3/b7-6+. The summed E-state index contributed by atoms with van der Waals surface area (Å²) in [6, 6.07) is 0. The monoisotopic (exact) mass is 213 g/mol. The largest absolute Gasteiger partial charge is 0.463 e. The van der Waals surface area contributed by atoms with E-state index in [4.69, 9.17) is 4.74 Å². The van der Waals surface area contributed by atoms with Gasteiger partial charge in [-0.1, -0.05) is 19.9 Å². The van der Waals surface area contributed by atoms with E-state index in [2.05, 4.69) is 25.8 Å². The lowest BCUT2D eigenvalue weighted by Gasteiger charge is -2.15. The molecule has 0 aliphatic carbocycles. The van der Waals surface area contributed by atoms with Crippen LogP contribution >= 0.6 is 0 Å². The van der Waals surface area contributed by atoms with Crippen LogP contribution < -0.4 is 0 Å².